The van der Waals surface area contributed by atoms with Gasteiger partial charge in [0.25, 0.3) is 5.91 Å². The van der Waals surface area contributed by atoms with Gasteiger partial charge in [-0.05, 0) is 43.5 Å². The predicted octanol–water partition coefficient (Wildman–Crippen LogP) is 1.01. The molecule has 0 radical (unpaired) electrons. The molecule has 0 saturated heterocycles. The molecule has 0 aliphatic rings. The lowest BCUT2D eigenvalue weighted by Crippen LogP contribution is -2.45. The summed E-state index contributed by atoms with van der Waals surface area (Å²) in [6.07, 6.45) is 0.284. The molecule has 21 heavy (non-hydrogen) atoms. The summed E-state index contributed by atoms with van der Waals surface area (Å²) in [5, 5.41) is 13.6. The summed E-state index contributed by atoms with van der Waals surface area (Å²) in [7, 11) is 0. The number of carbonyl (C=O) groups is 3. The number of carboxylic acid groups (broad SMARTS) is 1. The van der Waals surface area contributed by atoms with Crippen LogP contribution >= 0.6 is 0 Å². The fourth-order valence-corrected chi connectivity index (χ4v) is 1.73. The van der Waals surface area contributed by atoms with Gasteiger partial charge in [-0.2, -0.15) is 0 Å². The first kappa shape index (κ1) is 16.7. The number of nitrogens with one attached hydrogen (secondary N) is 2. The van der Waals surface area contributed by atoms with Gasteiger partial charge in [-0.1, -0.05) is 13.0 Å². The summed E-state index contributed by atoms with van der Waals surface area (Å²) >= 11 is 0. The number of carbonyl (C=O) groups excluding carboxylic acids is 2. The van der Waals surface area contributed by atoms with Crippen molar-refractivity contribution in [3.8, 4) is 0 Å². The van der Waals surface area contributed by atoms with Crippen molar-refractivity contribution in [1.82, 2.24) is 10.6 Å². The average Bonchev–Trinajstić information content (AvgIpc) is 2.44. The van der Waals surface area contributed by atoms with E-state index in [0.29, 0.717) is 5.56 Å². The second-order valence-electron chi connectivity index (χ2n) is 4.85. The molecule has 1 aromatic carbocycles. The minimum Gasteiger partial charge on any atom is -0.480 e. The van der Waals surface area contributed by atoms with Crippen LogP contribution in [-0.2, 0) is 9.59 Å². The van der Waals surface area contributed by atoms with Gasteiger partial charge >= 0.3 is 5.97 Å². The third kappa shape index (κ3) is 4.91. The molecule has 0 saturated carbocycles. The quantitative estimate of drug-likeness (QED) is 0.729. The molecular formula is C15H20N2O4. The van der Waals surface area contributed by atoms with Crippen LogP contribution in [0.25, 0.3) is 0 Å². The Bertz CT molecular complexity index is 555. The lowest BCUT2D eigenvalue weighted by molar-refractivity contribution is -0.141. The Labute approximate surface area is 123 Å². The second-order valence-corrected chi connectivity index (χ2v) is 4.85. The summed E-state index contributed by atoms with van der Waals surface area (Å²) in [6, 6.07) is 4.33. The van der Waals surface area contributed by atoms with Crippen molar-refractivity contribution >= 4 is 17.8 Å². The van der Waals surface area contributed by atoms with E-state index in [1.807, 2.05) is 19.9 Å². The van der Waals surface area contributed by atoms with Crippen LogP contribution in [0.3, 0.4) is 0 Å². The Kier molecular flexibility index (Phi) is 5.90. The monoisotopic (exact) mass is 292 g/mol. The molecule has 6 nitrogen and oxygen atoms in total. The Balaban J connectivity index is 2.54. The van der Waals surface area contributed by atoms with Crippen LogP contribution in [0.5, 0.6) is 0 Å². The zero-order valence-electron chi connectivity index (χ0n) is 12.4. The highest BCUT2D eigenvalue weighted by atomic mass is 16.4. The van der Waals surface area contributed by atoms with Crippen molar-refractivity contribution < 1.29 is 19.5 Å². The molecule has 0 aliphatic heterocycles. The van der Waals surface area contributed by atoms with E-state index in [1.54, 1.807) is 19.1 Å². The third-order valence-electron chi connectivity index (χ3n) is 3.22. The molecule has 1 unspecified atom stereocenters. The molecule has 0 spiro atoms. The maximum Gasteiger partial charge on any atom is 0.326 e. The molecule has 0 bridgehead atoms. The van der Waals surface area contributed by atoms with Gasteiger partial charge in [-0.15, -0.1) is 0 Å². The maximum atomic E-state index is 11.9. The van der Waals surface area contributed by atoms with E-state index in [2.05, 4.69) is 10.6 Å². The summed E-state index contributed by atoms with van der Waals surface area (Å²) in [5.41, 5.74) is 2.54. The van der Waals surface area contributed by atoms with E-state index in [1.165, 1.54) is 0 Å². The minimum absolute atomic E-state index is 0.254. The minimum atomic E-state index is -1.09. The number of aryl methyl sites for hydroxylation is 2. The first-order chi connectivity index (χ1) is 9.85. The van der Waals surface area contributed by atoms with Crippen LogP contribution in [0.4, 0.5) is 0 Å². The predicted molar refractivity (Wildman–Crippen MR) is 78.1 cm³/mol. The Hall–Kier alpha value is -2.37. The van der Waals surface area contributed by atoms with Gasteiger partial charge in [-0.25, -0.2) is 4.79 Å². The molecule has 2 amide bonds. The number of amides is 2. The van der Waals surface area contributed by atoms with Crippen LogP contribution in [0.2, 0.25) is 0 Å². The highest BCUT2D eigenvalue weighted by molar-refractivity contribution is 5.97. The number of hydrogen-bond donors (Lipinski definition) is 3. The Morgan fingerprint density at radius 3 is 2.38 bits per heavy atom. The second kappa shape index (κ2) is 7.42. The fourth-order valence-electron chi connectivity index (χ4n) is 1.73. The van der Waals surface area contributed by atoms with Gasteiger partial charge < -0.3 is 15.7 Å². The molecular weight excluding hydrogens is 272 g/mol. The van der Waals surface area contributed by atoms with E-state index in [4.69, 9.17) is 5.11 Å². The molecule has 0 aliphatic carbocycles. The molecule has 0 aromatic heterocycles. The largest absolute Gasteiger partial charge is 0.480 e. The summed E-state index contributed by atoms with van der Waals surface area (Å²) in [6.45, 7) is 5.25. The van der Waals surface area contributed by atoms with Crippen molar-refractivity contribution in [2.45, 2.75) is 33.2 Å². The van der Waals surface area contributed by atoms with Crippen LogP contribution in [0, 0.1) is 13.8 Å². The van der Waals surface area contributed by atoms with Crippen molar-refractivity contribution in [2.75, 3.05) is 6.54 Å². The van der Waals surface area contributed by atoms with Gasteiger partial charge in [0.15, 0.2) is 0 Å². The van der Waals surface area contributed by atoms with Crippen molar-refractivity contribution in [1.29, 1.82) is 0 Å². The van der Waals surface area contributed by atoms with E-state index >= 15 is 0 Å². The summed E-state index contributed by atoms with van der Waals surface area (Å²) in [4.78, 5) is 34.3. The SMILES string of the molecule is CCC(NC(=O)CNC(=O)c1ccc(C)c(C)c1)C(=O)O. The molecule has 0 fully saturated rings. The van der Waals surface area contributed by atoms with Gasteiger partial charge in [0.05, 0.1) is 6.54 Å². The highest BCUT2D eigenvalue weighted by Crippen LogP contribution is 2.09. The topological polar surface area (TPSA) is 95.5 Å². The van der Waals surface area contributed by atoms with Crippen molar-refractivity contribution in [2.24, 2.45) is 0 Å². The molecule has 1 aromatic rings. The average molecular weight is 292 g/mol. The van der Waals surface area contributed by atoms with Crippen molar-refractivity contribution in [3.05, 3.63) is 34.9 Å². The molecule has 1 rings (SSSR count). The fraction of sp³-hybridized carbons (Fsp3) is 0.400. The lowest BCUT2D eigenvalue weighted by atomic mass is 10.1. The van der Waals surface area contributed by atoms with Gasteiger partial charge in [0.1, 0.15) is 6.04 Å². The number of hydrogen-bond acceptors (Lipinski definition) is 3. The van der Waals surface area contributed by atoms with Crippen molar-refractivity contribution in [3.63, 3.8) is 0 Å². The molecule has 0 heterocycles. The lowest BCUT2D eigenvalue weighted by Gasteiger charge is -2.12. The molecule has 114 valence electrons. The first-order valence-corrected chi connectivity index (χ1v) is 6.72. The van der Waals surface area contributed by atoms with E-state index in [-0.39, 0.29) is 18.9 Å². The van der Waals surface area contributed by atoms with Gasteiger partial charge in [-0.3, -0.25) is 9.59 Å². The van der Waals surface area contributed by atoms with Crippen LogP contribution in [-0.4, -0.2) is 35.5 Å². The Morgan fingerprint density at radius 1 is 1.19 bits per heavy atom. The van der Waals surface area contributed by atoms with Crippen LogP contribution < -0.4 is 10.6 Å². The number of rotatable bonds is 6. The molecule has 1 atom stereocenters. The van der Waals surface area contributed by atoms with Crippen LogP contribution in [0.15, 0.2) is 18.2 Å². The normalized spacial score (nSPS) is 11.6. The van der Waals surface area contributed by atoms with E-state index in [9.17, 15) is 14.4 Å². The summed E-state index contributed by atoms with van der Waals surface area (Å²) in [5.74, 6) is -1.98. The third-order valence-corrected chi connectivity index (χ3v) is 3.22. The summed E-state index contributed by atoms with van der Waals surface area (Å²) < 4.78 is 0. The van der Waals surface area contributed by atoms with E-state index in [0.717, 1.165) is 11.1 Å². The van der Waals surface area contributed by atoms with Crippen LogP contribution in [0.1, 0.15) is 34.8 Å². The first-order valence-electron chi connectivity index (χ1n) is 6.72. The molecule has 3 N–H and O–H groups in total. The zero-order chi connectivity index (χ0) is 16.0. The standard InChI is InChI=1S/C15H20N2O4/c1-4-12(15(20)21)17-13(18)8-16-14(19)11-6-5-9(2)10(3)7-11/h5-7,12H,4,8H2,1-3H3,(H,16,19)(H,17,18)(H,20,21). The van der Waals surface area contributed by atoms with Gasteiger partial charge in [0.2, 0.25) is 5.91 Å². The number of aliphatic carboxylic acids is 1. The molecule has 6 heteroatoms. The Morgan fingerprint density at radius 2 is 1.86 bits per heavy atom. The number of carboxylic acids is 1. The zero-order valence-corrected chi connectivity index (χ0v) is 12.4. The maximum absolute atomic E-state index is 11.9. The number of benzene rings is 1. The smallest absolute Gasteiger partial charge is 0.326 e. The highest BCUT2D eigenvalue weighted by Gasteiger charge is 2.17. The van der Waals surface area contributed by atoms with Gasteiger partial charge in [0, 0.05) is 5.56 Å². The van der Waals surface area contributed by atoms with E-state index < -0.39 is 17.9 Å².